The molecule has 7 nitrogen and oxygen atoms in total. The minimum absolute atomic E-state index is 0.204. The summed E-state index contributed by atoms with van der Waals surface area (Å²) in [6.45, 7) is 0.525. The number of aromatic amines is 1. The van der Waals surface area contributed by atoms with Gasteiger partial charge < -0.3 is 16.4 Å². The maximum atomic E-state index is 11.8. The first-order valence-corrected chi connectivity index (χ1v) is 4.50. The molecule has 1 atom stereocenters. The lowest BCUT2D eigenvalue weighted by molar-refractivity contribution is -0.125. The summed E-state index contributed by atoms with van der Waals surface area (Å²) in [5, 5.41) is 6.10. The Hall–Kier alpha value is -2.05. The van der Waals surface area contributed by atoms with Gasteiger partial charge in [0.2, 0.25) is 5.91 Å². The van der Waals surface area contributed by atoms with Gasteiger partial charge >= 0.3 is 0 Å². The van der Waals surface area contributed by atoms with Crippen molar-refractivity contribution in [1.29, 1.82) is 0 Å². The van der Waals surface area contributed by atoms with Gasteiger partial charge in [-0.25, -0.2) is 0 Å². The van der Waals surface area contributed by atoms with Gasteiger partial charge in [0.1, 0.15) is 17.4 Å². The van der Waals surface area contributed by atoms with Crippen LogP contribution < -0.4 is 11.5 Å². The molecule has 1 fully saturated rings. The SMILES string of the molecule is NC(=O)C1CCN1C(=O)c1cn[nH]c1N. The number of aromatic nitrogens is 2. The molecule has 7 heteroatoms. The van der Waals surface area contributed by atoms with E-state index in [0.717, 1.165) is 0 Å². The lowest BCUT2D eigenvalue weighted by Crippen LogP contribution is -2.57. The Morgan fingerprint density at radius 1 is 1.60 bits per heavy atom. The molecule has 0 saturated carbocycles. The zero-order valence-electron chi connectivity index (χ0n) is 7.93. The highest BCUT2D eigenvalue weighted by Crippen LogP contribution is 2.21. The van der Waals surface area contributed by atoms with Gasteiger partial charge in [-0.3, -0.25) is 14.7 Å². The summed E-state index contributed by atoms with van der Waals surface area (Å²) in [5.74, 6) is -0.594. The summed E-state index contributed by atoms with van der Waals surface area (Å²) in [7, 11) is 0. The molecule has 2 heterocycles. The molecule has 1 saturated heterocycles. The molecule has 1 aliphatic heterocycles. The monoisotopic (exact) mass is 209 g/mol. The van der Waals surface area contributed by atoms with Gasteiger partial charge in [-0.05, 0) is 6.42 Å². The maximum Gasteiger partial charge on any atom is 0.259 e. The molecule has 1 unspecified atom stereocenters. The summed E-state index contributed by atoms with van der Waals surface area (Å²) in [6, 6.07) is -0.508. The molecule has 0 radical (unpaired) electrons. The molecule has 2 rings (SSSR count). The van der Waals surface area contributed by atoms with E-state index in [1.807, 2.05) is 0 Å². The molecule has 0 aromatic carbocycles. The van der Waals surface area contributed by atoms with Crippen LogP contribution in [0.25, 0.3) is 0 Å². The average molecular weight is 209 g/mol. The van der Waals surface area contributed by atoms with Crippen LogP contribution in [0.2, 0.25) is 0 Å². The Morgan fingerprint density at radius 3 is 2.73 bits per heavy atom. The summed E-state index contributed by atoms with van der Waals surface area (Å²) < 4.78 is 0. The Balaban J connectivity index is 2.16. The minimum atomic E-state index is -0.508. The Morgan fingerprint density at radius 2 is 2.33 bits per heavy atom. The van der Waals surface area contributed by atoms with Gasteiger partial charge in [0, 0.05) is 6.54 Å². The lowest BCUT2D eigenvalue weighted by Gasteiger charge is -2.38. The third-order valence-corrected chi connectivity index (χ3v) is 2.51. The van der Waals surface area contributed by atoms with Crippen molar-refractivity contribution in [3.05, 3.63) is 11.8 Å². The highest BCUT2D eigenvalue weighted by Gasteiger charge is 2.37. The fourth-order valence-electron chi connectivity index (χ4n) is 1.55. The number of nitrogen functional groups attached to an aromatic ring is 1. The molecular formula is C8H11N5O2. The van der Waals surface area contributed by atoms with E-state index in [0.29, 0.717) is 13.0 Å². The minimum Gasteiger partial charge on any atom is -0.383 e. The molecule has 1 aromatic rings. The van der Waals surface area contributed by atoms with Gasteiger partial charge in [-0.2, -0.15) is 5.10 Å². The van der Waals surface area contributed by atoms with E-state index in [4.69, 9.17) is 11.5 Å². The van der Waals surface area contributed by atoms with Crippen molar-refractivity contribution < 1.29 is 9.59 Å². The largest absolute Gasteiger partial charge is 0.383 e. The van der Waals surface area contributed by atoms with Crippen molar-refractivity contribution in [2.45, 2.75) is 12.5 Å². The number of hydrogen-bond donors (Lipinski definition) is 3. The number of anilines is 1. The number of rotatable bonds is 2. The van der Waals surface area contributed by atoms with Gasteiger partial charge in [0.25, 0.3) is 5.91 Å². The van der Waals surface area contributed by atoms with Gasteiger partial charge in [0.05, 0.1) is 6.20 Å². The van der Waals surface area contributed by atoms with Crippen molar-refractivity contribution in [3.63, 3.8) is 0 Å². The van der Waals surface area contributed by atoms with Crippen LogP contribution in [0.5, 0.6) is 0 Å². The molecule has 1 aliphatic rings. The number of amides is 2. The van der Waals surface area contributed by atoms with E-state index < -0.39 is 11.9 Å². The Labute approximate surface area is 85.4 Å². The number of H-pyrrole nitrogens is 1. The molecule has 0 bridgehead atoms. The van der Waals surface area contributed by atoms with Crippen molar-refractivity contribution in [3.8, 4) is 0 Å². The maximum absolute atomic E-state index is 11.8. The highest BCUT2D eigenvalue weighted by molar-refractivity contribution is 6.01. The van der Waals surface area contributed by atoms with E-state index in [1.165, 1.54) is 11.1 Å². The smallest absolute Gasteiger partial charge is 0.259 e. The number of primary amides is 1. The van der Waals surface area contributed by atoms with Crippen LogP contribution >= 0.6 is 0 Å². The predicted octanol–water partition coefficient (Wildman–Crippen LogP) is -1.31. The second-order valence-corrected chi connectivity index (χ2v) is 3.40. The highest BCUT2D eigenvalue weighted by atomic mass is 16.2. The third-order valence-electron chi connectivity index (χ3n) is 2.51. The van der Waals surface area contributed by atoms with E-state index in [-0.39, 0.29) is 17.3 Å². The zero-order chi connectivity index (χ0) is 11.0. The molecule has 1 aromatic heterocycles. The summed E-state index contributed by atoms with van der Waals surface area (Å²) in [5.41, 5.74) is 10.9. The van der Waals surface area contributed by atoms with E-state index >= 15 is 0 Å². The quantitative estimate of drug-likeness (QED) is 0.560. The number of hydrogen-bond acceptors (Lipinski definition) is 4. The lowest BCUT2D eigenvalue weighted by atomic mass is 10.0. The Bertz CT molecular complexity index is 413. The third kappa shape index (κ3) is 1.41. The topological polar surface area (TPSA) is 118 Å². The normalized spacial score (nSPS) is 19.7. The number of nitrogens with one attached hydrogen (secondary N) is 1. The zero-order valence-corrected chi connectivity index (χ0v) is 7.93. The average Bonchev–Trinajstić information content (AvgIpc) is 2.47. The Kier molecular flexibility index (Phi) is 2.07. The predicted molar refractivity (Wildman–Crippen MR) is 51.6 cm³/mol. The summed E-state index contributed by atoms with van der Waals surface area (Å²) in [6.07, 6.45) is 1.95. The van der Waals surface area contributed by atoms with Crippen LogP contribution in [0.15, 0.2) is 6.20 Å². The number of carbonyl (C=O) groups is 2. The molecule has 80 valence electrons. The molecule has 5 N–H and O–H groups in total. The summed E-state index contributed by atoms with van der Waals surface area (Å²) >= 11 is 0. The van der Waals surface area contributed by atoms with E-state index in [2.05, 4.69) is 10.2 Å². The van der Waals surface area contributed by atoms with Crippen LogP contribution in [0.4, 0.5) is 5.82 Å². The van der Waals surface area contributed by atoms with Crippen molar-refractivity contribution >= 4 is 17.6 Å². The number of nitrogens with zero attached hydrogens (tertiary/aromatic N) is 2. The van der Waals surface area contributed by atoms with Gasteiger partial charge in [-0.15, -0.1) is 0 Å². The van der Waals surface area contributed by atoms with Crippen LogP contribution in [0, 0.1) is 0 Å². The molecular weight excluding hydrogens is 198 g/mol. The number of carbonyl (C=O) groups excluding carboxylic acids is 2. The van der Waals surface area contributed by atoms with E-state index in [1.54, 1.807) is 0 Å². The van der Waals surface area contributed by atoms with Crippen LogP contribution in [-0.4, -0.2) is 39.5 Å². The standard InChI is InChI=1S/C8H11N5O2/c9-6-4(3-11-12-6)8(15)13-2-1-5(13)7(10)14/h3,5H,1-2H2,(H2,10,14)(H3,9,11,12). The van der Waals surface area contributed by atoms with Crippen LogP contribution in [0.3, 0.4) is 0 Å². The fourth-order valence-corrected chi connectivity index (χ4v) is 1.55. The van der Waals surface area contributed by atoms with Crippen molar-refractivity contribution in [1.82, 2.24) is 15.1 Å². The summed E-state index contributed by atoms with van der Waals surface area (Å²) in [4.78, 5) is 24.1. The van der Waals surface area contributed by atoms with Gasteiger partial charge in [-0.1, -0.05) is 0 Å². The second kappa shape index (κ2) is 3.26. The molecule has 15 heavy (non-hydrogen) atoms. The second-order valence-electron chi connectivity index (χ2n) is 3.40. The van der Waals surface area contributed by atoms with Crippen molar-refractivity contribution in [2.24, 2.45) is 5.73 Å². The molecule has 2 amide bonds. The number of likely N-dealkylation sites (tertiary alicyclic amines) is 1. The van der Waals surface area contributed by atoms with Crippen LogP contribution in [-0.2, 0) is 4.79 Å². The fraction of sp³-hybridized carbons (Fsp3) is 0.375. The van der Waals surface area contributed by atoms with Gasteiger partial charge in [0.15, 0.2) is 0 Å². The molecule has 0 spiro atoms. The molecule has 0 aliphatic carbocycles. The number of nitrogens with two attached hydrogens (primary N) is 2. The van der Waals surface area contributed by atoms with E-state index in [9.17, 15) is 9.59 Å². The van der Waals surface area contributed by atoms with Crippen LogP contribution in [0.1, 0.15) is 16.8 Å². The van der Waals surface area contributed by atoms with Crippen molar-refractivity contribution in [2.75, 3.05) is 12.3 Å². The first-order valence-electron chi connectivity index (χ1n) is 4.50. The first-order chi connectivity index (χ1) is 7.11. The first kappa shape index (κ1) is 9.50.